The Morgan fingerprint density at radius 3 is 2.34 bits per heavy atom. The fourth-order valence-electron chi connectivity index (χ4n) is 3.03. The van der Waals surface area contributed by atoms with E-state index in [2.05, 4.69) is 10.3 Å². The first-order chi connectivity index (χ1) is 13.6. The fourth-order valence-corrected chi connectivity index (χ4v) is 6.29. The summed E-state index contributed by atoms with van der Waals surface area (Å²) in [6.07, 6.45) is -0.381. The predicted octanol–water partition coefficient (Wildman–Crippen LogP) is 3.34. The summed E-state index contributed by atoms with van der Waals surface area (Å²) < 4.78 is 53.4. The number of nitrogens with zero attached hydrogens (tertiary/aromatic N) is 2. The van der Waals surface area contributed by atoms with Gasteiger partial charge in [-0.05, 0) is 42.5 Å². The van der Waals surface area contributed by atoms with Crippen LogP contribution in [0.25, 0.3) is 0 Å². The molecule has 4 rings (SSSR count). The van der Waals surface area contributed by atoms with E-state index in [1.54, 1.807) is 12.1 Å². The number of hydrogen-bond donors (Lipinski definition) is 1. The van der Waals surface area contributed by atoms with Crippen molar-refractivity contribution in [2.75, 3.05) is 11.1 Å². The molecule has 0 bridgehead atoms. The topological polar surface area (TPSA) is 81.1 Å². The maximum absolute atomic E-state index is 13.8. The van der Waals surface area contributed by atoms with E-state index in [4.69, 9.17) is 0 Å². The molecule has 0 atom stereocenters. The number of pyridine rings is 1. The Balaban J connectivity index is 1.66. The molecule has 10 heteroatoms. The Labute approximate surface area is 162 Å². The number of anilines is 1. The van der Waals surface area contributed by atoms with Gasteiger partial charge in [0.15, 0.2) is 0 Å². The number of carbonyl (C=O) groups is 2. The highest BCUT2D eigenvalue weighted by molar-refractivity contribution is 8.40. The van der Waals surface area contributed by atoms with Crippen molar-refractivity contribution >= 4 is 26.0 Å². The molecule has 2 aromatic heterocycles. The molecule has 1 saturated heterocycles. The van der Waals surface area contributed by atoms with Gasteiger partial charge in [-0.1, -0.05) is 6.07 Å². The highest BCUT2D eigenvalue weighted by Gasteiger charge is 2.63. The van der Waals surface area contributed by atoms with E-state index in [1.165, 1.54) is 34.7 Å². The monoisotopic (exact) mass is 421 g/mol. The lowest BCUT2D eigenvalue weighted by atomic mass is 10.2. The number of benzene rings is 1. The summed E-state index contributed by atoms with van der Waals surface area (Å²) >= 11 is 0. The fraction of sp³-hybridized carbons (Fsp3) is 0.105. The number of aromatic nitrogens is 2. The second-order valence-electron chi connectivity index (χ2n) is 6.53. The van der Waals surface area contributed by atoms with E-state index in [0.717, 1.165) is 24.3 Å². The van der Waals surface area contributed by atoms with Crippen LogP contribution < -0.4 is 5.32 Å². The first-order valence-electron chi connectivity index (χ1n) is 8.39. The number of nitrogens with one attached hydrogen (secondary N) is 1. The predicted molar refractivity (Wildman–Crippen MR) is 99.7 cm³/mol. The minimum Gasteiger partial charge on any atom is -0.319 e. The normalized spacial score (nSPS) is 18.4. The zero-order valence-electron chi connectivity index (χ0n) is 14.7. The van der Waals surface area contributed by atoms with Gasteiger partial charge >= 0.3 is 6.18 Å². The van der Waals surface area contributed by atoms with E-state index >= 15 is 0 Å². The molecule has 0 radical (unpaired) electrons. The molecule has 0 spiro atoms. The first kappa shape index (κ1) is 19.1. The third-order valence-electron chi connectivity index (χ3n) is 4.70. The Kier molecular flexibility index (Phi) is 4.02. The lowest BCUT2D eigenvalue weighted by molar-refractivity contribution is -0.137. The molecular weight excluding hydrogens is 407 g/mol. The number of halogens is 3. The van der Waals surface area contributed by atoms with Gasteiger partial charge in [-0.2, -0.15) is 13.2 Å². The molecule has 1 N–H and O–H groups in total. The SMILES string of the molecule is O=C(Nc1ccn(S2(=O)(c3ccc(C(F)(F)F)cc3)CC2=O)c1)c1ccccn1. The molecule has 29 heavy (non-hydrogen) atoms. The molecule has 3 heterocycles. The molecule has 150 valence electrons. The van der Waals surface area contributed by atoms with Gasteiger partial charge in [0.1, 0.15) is 11.4 Å². The highest BCUT2D eigenvalue weighted by atomic mass is 32.3. The van der Waals surface area contributed by atoms with Gasteiger partial charge in [0.2, 0.25) is 5.12 Å². The molecule has 1 fully saturated rings. The zero-order valence-corrected chi connectivity index (χ0v) is 15.5. The van der Waals surface area contributed by atoms with Gasteiger partial charge in [0, 0.05) is 23.5 Å². The van der Waals surface area contributed by atoms with Crippen LogP contribution in [0.5, 0.6) is 0 Å². The van der Waals surface area contributed by atoms with Crippen molar-refractivity contribution in [1.82, 2.24) is 8.96 Å². The average molecular weight is 421 g/mol. The largest absolute Gasteiger partial charge is 0.416 e. The summed E-state index contributed by atoms with van der Waals surface area (Å²) in [7, 11) is -4.20. The zero-order chi connectivity index (χ0) is 20.9. The van der Waals surface area contributed by atoms with E-state index in [-0.39, 0.29) is 22.0 Å². The Hall–Kier alpha value is -3.27. The van der Waals surface area contributed by atoms with Gasteiger partial charge in [0.05, 0.1) is 20.5 Å². The van der Waals surface area contributed by atoms with Gasteiger partial charge in [-0.3, -0.25) is 22.8 Å². The van der Waals surface area contributed by atoms with Crippen molar-refractivity contribution < 1.29 is 27.0 Å². The Morgan fingerprint density at radius 2 is 1.79 bits per heavy atom. The summed E-state index contributed by atoms with van der Waals surface area (Å²) in [6, 6.07) is 10.0. The van der Waals surface area contributed by atoms with E-state index in [0.29, 0.717) is 0 Å². The van der Waals surface area contributed by atoms with Crippen LogP contribution in [0.3, 0.4) is 0 Å². The van der Waals surface area contributed by atoms with Crippen molar-refractivity contribution in [3.05, 3.63) is 78.4 Å². The molecule has 0 unspecified atom stereocenters. The molecule has 0 saturated carbocycles. The summed E-state index contributed by atoms with van der Waals surface area (Å²) in [5.41, 5.74) is -0.444. The molecule has 6 nitrogen and oxygen atoms in total. The second-order valence-corrected chi connectivity index (χ2v) is 10.3. The van der Waals surface area contributed by atoms with E-state index in [1.807, 2.05) is 0 Å². The third kappa shape index (κ3) is 2.96. The van der Waals surface area contributed by atoms with Crippen LogP contribution in [0.1, 0.15) is 16.1 Å². The van der Waals surface area contributed by atoms with Crippen molar-refractivity contribution in [3.8, 4) is 0 Å². The molecule has 1 aliphatic rings. The van der Waals surface area contributed by atoms with Crippen LogP contribution in [-0.4, -0.2) is 29.9 Å². The maximum Gasteiger partial charge on any atom is 0.416 e. The van der Waals surface area contributed by atoms with Crippen LogP contribution in [0.15, 0.2) is 72.0 Å². The van der Waals surface area contributed by atoms with Crippen LogP contribution in [0.4, 0.5) is 18.9 Å². The Bertz CT molecular complexity index is 1190. The minimum atomic E-state index is -4.54. The van der Waals surface area contributed by atoms with Crippen molar-refractivity contribution in [2.24, 2.45) is 0 Å². The number of alkyl halides is 3. The number of carbonyl (C=O) groups excluding carboxylic acids is 2. The Morgan fingerprint density at radius 1 is 1.10 bits per heavy atom. The van der Waals surface area contributed by atoms with Crippen LogP contribution in [0, 0.1) is 0 Å². The maximum atomic E-state index is 13.8. The smallest absolute Gasteiger partial charge is 0.319 e. The molecule has 1 aromatic carbocycles. The molecule has 0 aliphatic carbocycles. The lowest BCUT2D eigenvalue weighted by Gasteiger charge is -2.24. The van der Waals surface area contributed by atoms with E-state index < -0.39 is 32.0 Å². The van der Waals surface area contributed by atoms with Crippen LogP contribution in [-0.2, 0) is 20.2 Å². The quantitative estimate of drug-likeness (QED) is 0.656. The number of hydrogen-bond acceptors (Lipinski definition) is 4. The van der Waals surface area contributed by atoms with E-state index in [9.17, 15) is 27.0 Å². The molecule has 1 aliphatic heterocycles. The van der Waals surface area contributed by atoms with Crippen molar-refractivity contribution in [2.45, 2.75) is 11.1 Å². The molecule has 1 amide bonds. The van der Waals surface area contributed by atoms with Gasteiger partial charge in [-0.25, -0.2) is 0 Å². The van der Waals surface area contributed by atoms with Crippen LogP contribution >= 0.6 is 0 Å². The summed E-state index contributed by atoms with van der Waals surface area (Å²) in [6.45, 7) is 0. The third-order valence-corrected chi connectivity index (χ3v) is 8.60. The highest BCUT2D eigenvalue weighted by Crippen LogP contribution is 2.51. The van der Waals surface area contributed by atoms with Crippen LogP contribution in [0.2, 0.25) is 0 Å². The standard InChI is InChI=1S/C19H14F3N3O3S/c20-19(21,22)13-4-6-15(7-5-13)29(28,12-17(29)26)25-10-8-14(11-25)24-18(27)16-3-1-2-9-23-16/h1-11H,12H2,(H,24,27). The molecular formula is C19H14F3N3O3S. The van der Waals surface area contributed by atoms with Crippen molar-refractivity contribution in [3.63, 3.8) is 0 Å². The summed E-state index contributed by atoms with van der Waals surface area (Å²) in [5.74, 6) is -0.794. The summed E-state index contributed by atoms with van der Waals surface area (Å²) in [5, 5.41) is 2.02. The number of rotatable bonds is 4. The van der Waals surface area contributed by atoms with Crippen molar-refractivity contribution in [1.29, 1.82) is 0 Å². The van der Waals surface area contributed by atoms with Gasteiger partial charge in [0.25, 0.3) is 5.91 Å². The van der Waals surface area contributed by atoms with Gasteiger partial charge < -0.3 is 5.32 Å². The minimum absolute atomic E-state index is 0.0122. The summed E-state index contributed by atoms with van der Waals surface area (Å²) in [4.78, 5) is 28.4. The first-order valence-corrected chi connectivity index (χ1v) is 10.5. The number of amides is 1. The average Bonchev–Trinajstić information content (AvgIpc) is 3.04. The lowest BCUT2D eigenvalue weighted by Crippen LogP contribution is -2.27. The molecule has 3 aromatic rings. The van der Waals surface area contributed by atoms with Gasteiger partial charge in [-0.15, -0.1) is 0 Å². The second kappa shape index (κ2) is 6.11.